The molecule has 3 heterocycles. The number of hydrogen-bond donors (Lipinski definition) is 3. The molecular formula is C32H35Cl2N7O4. The molecule has 13 heteroatoms. The molecule has 0 aliphatic carbocycles. The molecule has 4 aromatic rings. The van der Waals surface area contributed by atoms with Gasteiger partial charge in [0.2, 0.25) is 0 Å². The zero-order valence-electron chi connectivity index (χ0n) is 25.6. The van der Waals surface area contributed by atoms with E-state index in [0.29, 0.717) is 42.1 Å². The van der Waals surface area contributed by atoms with E-state index in [1.54, 1.807) is 41.0 Å². The molecule has 1 aliphatic rings. The Morgan fingerprint density at radius 2 is 1.71 bits per heavy atom. The van der Waals surface area contributed by atoms with E-state index in [1.165, 1.54) is 6.20 Å². The van der Waals surface area contributed by atoms with E-state index in [0.717, 1.165) is 17.8 Å². The predicted molar refractivity (Wildman–Crippen MR) is 177 cm³/mol. The molecule has 5 rings (SSSR count). The first kappa shape index (κ1) is 31.9. The Labute approximate surface area is 271 Å². The number of ether oxygens (including phenoxy) is 2. The number of nitrogens with zero attached hydrogens (tertiary/aromatic N) is 4. The number of rotatable bonds is 7. The Morgan fingerprint density at radius 1 is 0.956 bits per heavy atom. The fourth-order valence-corrected chi connectivity index (χ4v) is 5.12. The summed E-state index contributed by atoms with van der Waals surface area (Å²) in [5.74, 6) is 2.64. The topological polar surface area (TPSA) is 123 Å². The molecule has 1 atom stereocenters. The molecule has 1 saturated heterocycles. The van der Waals surface area contributed by atoms with Crippen LogP contribution in [0.3, 0.4) is 0 Å². The molecule has 0 radical (unpaired) electrons. The summed E-state index contributed by atoms with van der Waals surface area (Å²) in [5.41, 5.74) is 1.56. The lowest BCUT2D eigenvalue weighted by molar-refractivity contribution is 0.221. The van der Waals surface area contributed by atoms with E-state index in [4.69, 9.17) is 37.8 Å². The number of aromatic nitrogens is 3. The molecule has 1 aliphatic heterocycles. The molecule has 3 N–H and O–H groups in total. The second-order valence-electron chi connectivity index (χ2n) is 11.8. The molecule has 11 nitrogen and oxygen atoms in total. The highest BCUT2D eigenvalue weighted by atomic mass is 35.5. The van der Waals surface area contributed by atoms with Crippen LogP contribution in [0.25, 0.3) is 5.69 Å². The van der Waals surface area contributed by atoms with Crippen molar-refractivity contribution >= 4 is 52.6 Å². The summed E-state index contributed by atoms with van der Waals surface area (Å²) in [7, 11) is 1.60. The Bertz CT molecular complexity index is 1700. The van der Waals surface area contributed by atoms with Crippen LogP contribution in [0, 0.1) is 5.92 Å². The maximum absolute atomic E-state index is 13.1. The molecule has 236 valence electrons. The highest BCUT2D eigenvalue weighted by Gasteiger charge is 2.24. The van der Waals surface area contributed by atoms with Gasteiger partial charge in [0, 0.05) is 36.8 Å². The van der Waals surface area contributed by atoms with E-state index in [1.807, 2.05) is 51.1 Å². The Hall–Kier alpha value is -4.48. The number of hydrogen-bond acceptors (Lipinski definition) is 6. The van der Waals surface area contributed by atoms with Gasteiger partial charge in [-0.3, -0.25) is 10.6 Å². The SMILES string of the molecule is COc1ccc(-n2nc(C(C)(C)C)cc2NC(=O)Nc2ccc(Oc3ccnc(NC(=O)N4CCC(C)C4)c3)c(Cl)c2Cl)cc1. The van der Waals surface area contributed by atoms with E-state index in [2.05, 4.69) is 27.9 Å². The van der Waals surface area contributed by atoms with Crippen molar-refractivity contribution < 1.29 is 19.1 Å². The maximum Gasteiger partial charge on any atom is 0.324 e. The molecule has 0 spiro atoms. The van der Waals surface area contributed by atoms with Crippen LogP contribution in [0.2, 0.25) is 10.0 Å². The number of urea groups is 2. The van der Waals surface area contributed by atoms with Crippen LogP contribution < -0.4 is 25.4 Å². The van der Waals surface area contributed by atoms with Gasteiger partial charge in [-0.05, 0) is 54.8 Å². The number of nitrogens with one attached hydrogen (secondary N) is 3. The lowest BCUT2D eigenvalue weighted by Crippen LogP contribution is -2.33. The number of anilines is 3. The summed E-state index contributed by atoms with van der Waals surface area (Å²) >= 11 is 13.1. The summed E-state index contributed by atoms with van der Waals surface area (Å²) in [5, 5.41) is 13.3. The van der Waals surface area contributed by atoms with Crippen LogP contribution in [-0.2, 0) is 5.41 Å². The van der Waals surface area contributed by atoms with Crippen molar-refractivity contribution in [2.45, 2.75) is 39.5 Å². The van der Waals surface area contributed by atoms with Gasteiger partial charge in [-0.1, -0.05) is 50.9 Å². The predicted octanol–water partition coefficient (Wildman–Crippen LogP) is 8.19. The maximum atomic E-state index is 13.1. The monoisotopic (exact) mass is 651 g/mol. The molecule has 1 fully saturated rings. The van der Waals surface area contributed by atoms with E-state index < -0.39 is 6.03 Å². The number of carbonyl (C=O) groups is 2. The number of amides is 4. The van der Waals surface area contributed by atoms with E-state index in [9.17, 15) is 9.59 Å². The number of carbonyl (C=O) groups excluding carboxylic acids is 2. The van der Waals surface area contributed by atoms with Crippen LogP contribution >= 0.6 is 23.2 Å². The Kier molecular flexibility index (Phi) is 9.40. The van der Waals surface area contributed by atoms with Crippen molar-refractivity contribution in [3.8, 4) is 22.9 Å². The fraction of sp³-hybridized carbons (Fsp3) is 0.312. The van der Waals surface area contributed by atoms with Gasteiger partial charge >= 0.3 is 12.1 Å². The summed E-state index contributed by atoms with van der Waals surface area (Å²) in [4.78, 5) is 31.7. The third-order valence-corrected chi connectivity index (χ3v) is 8.10. The number of likely N-dealkylation sites (tertiary alicyclic amines) is 1. The molecule has 2 aromatic carbocycles. The smallest absolute Gasteiger partial charge is 0.324 e. The third-order valence-electron chi connectivity index (χ3n) is 7.24. The van der Waals surface area contributed by atoms with Crippen molar-refractivity contribution in [1.29, 1.82) is 0 Å². The molecule has 4 amide bonds. The molecule has 45 heavy (non-hydrogen) atoms. The summed E-state index contributed by atoms with van der Waals surface area (Å²) in [6.07, 6.45) is 2.50. The first-order valence-electron chi connectivity index (χ1n) is 14.4. The lowest BCUT2D eigenvalue weighted by Gasteiger charge is -2.17. The standard InChI is InChI=1S/C32H35Cl2N7O4/c1-19-13-15-40(18-19)31(43)37-26-16-22(12-14-35-26)45-24-11-10-23(28(33)29(24)34)36-30(42)38-27-17-25(32(2,3)4)39-41(27)20-6-8-21(44-5)9-7-20/h6-12,14,16-17,19H,13,15,18H2,1-5H3,(H,35,37,43)(H2,36,38,42). The minimum atomic E-state index is -0.543. The minimum Gasteiger partial charge on any atom is -0.497 e. The minimum absolute atomic E-state index is 0.0918. The molecule has 2 aromatic heterocycles. The van der Waals surface area contributed by atoms with Crippen molar-refractivity contribution in [3.05, 3.63) is 76.5 Å². The molecule has 0 bridgehead atoms. The number of halogens is 2. The van der Waals surface area contributed by atoms with E-state index in [-0.39, 0.29) is 32.9 Å². The zero-order valence-corrected chi connectivity index (χ0v) is 27.2. The van der Waals surface area contributed by atoms with Gasteiger partial charge in [-0.25, -0.2) is 19.3 Å². The van der Waals surface area contributed by atoms with Gasteiger partial charge in [0.05, 0.1) is 29.2 Å². The van der Waals surface area contributed by atoms with E-state index >= 15 is 0 Å². The van der Waals surface area contributed by atoms with Crippen LogP contribution in [0.4, 0.5) is 26.9 Å². The van der Waals surface area contributed by atoms with Gasteiger partial charge in [-0.2, -0.15) is 5.10 Å². The largest absolute Gasteiger partial charge is 0.497 e. The van der Waals surface area contributed by atoms with Crippen molar-refractivity contribution in [1.82, 2.24) is 19.7 Å². The van der Waals surface area contributed by atoms with Crippen LogP contribution in [0.5, 0.6) is 17.2 Å². The third kappa shape index (κ3) is 7.61. The summed E-state index contributed by atoms with van der Waals surface area (Å²) < 4.78 is 12.9. The number of methoxy groups -OCH3 is 1. The second-order valence-corrected chi connectivity index (χ2v) is 12.6. The Balaban J connectivity index is 1.28. The normalized spacial score (nSPS) is 14.6. The average molecular weight is 653 g/mol. The van der Waals surface area contributed by atoms with Crippen molar-refractivity contribution in [2.75, 3.05) is 36.1 Å². The van der Waals surface area contributed by atoms with Crippen molar-refractivity contribution in [3.63, 3.8) is 0 Å². The van der Waals surface area contributed by atoms with Gasteiger partial charge in [-0.15, -0.1) is 0 Å². The number of pyridine rings is 1. The number of benzene rings is 2. The van der Waals surface area contributed by atoms with Gasteiger partial charge in [0.1, 0.15) is 33.9 Å². The lowest BCUT2D eigenvalue weighted by atomic mass is 9.92. The quantitative estimate of drug-likeness (QED) is 0.185. The first-order valence-corrected chi connectivity index (χ1v) is 15.2. The van der Waals surface area contributed by atoms with Crippen molar-refractivity contribution in [2.24, 2.45) is 5.92 Å². The fourth-order valence-electron chi connectivity index (χ4n) is 4.71. The van der Waals surface area contributed by atoms with Gasteiger partial charge < -0.3 is 19.7 Å². The molecular weight excluding hydrogens is 617 g/mol. The zero-order chi connectivity index (χ0) is 32.3. The Morgan fingerprint density at radius 3 is 2.38 bits per heavy atom. The summed E-state index contributed by atoms with van der Waals surface area (Å²) in [6.45, 7) is 9.66. The van der Waals surface area contributed by atoms with Crippen LogP contribution in [0.1, 0.15) is 39.8 Å². The highest BCUT2D eigenvalue weighted by Crippen LogP contribution is 2.40. The first-order chi connectivity index (χ1) is 21.4. The second kappa shape index (κ2) is 13.3. The summed E-state index contributed by atoms with van der Waals surface area (Å²) in [6, 6.07) is 14.8. The van der Waals surface area contributed by atoms with Crippen LogP contribution in [0.15, 0.2) is 60.8 Å². The van der Waals surface area contributed by atoms with Gasteiger partial charge in [0.25, 0.3) is 0 Å². The highest BCUT2D eigenvalue weighted by molar-refractivity contribution is 6.45. The molecule has 1 unspecified atom stereocenters. The van der Waals surface area contributed by atoms with Gasteiger partial charge in [0.15, 0.2) is 0 Å². The molecule has 0 saturated carbocycles. The van der Waals surface area contributed by atoms with Crippen LogP contribution in [-0.4, -0.2) is 51.9 Å². The average Bonchev–Trinajstić information content (AvgIpc) is 3.64.